The van der Waals surface area contributed by atoms with Crippen LogP contribution >= 0.6 is 0 Å². The molecule has 3 aromatic rings. The summed E-state index contributed by atoms with van der Waals surface area (Å²) in [5.41, 5.74) is 3.52. The molecular weight excluding hydrogens is 262 g/mol. The van der Waals surface area contributed by atoms with Crippen LogP contribution in [-0.2, 0) is 13.0 Å². The Labute approximate surface area is 123 Å². The van der Waals surface area contributed by atoms with Crippen LogP contribution < -0.4 is 5.32 Å². The zero-order valence-electron chi connectivity index (χ0n) is 11.9. The third kappa shape index (κ3) is 3.08. The second kappa shape index (κ2) is 6.17. The van der Waals surface area contributed by atoms with Crippen LogP contribution in [0.2, 0.25) is 0 Å². The molecule has 0 aliphatic heterocycles. The largest absolute Gasteiger partial charge is 0.378 e. The van der Waals surface area contributed by atoms with E-state index in [9.17, 15) is 0 Å². The van der Waals surface area contributed by atoms with E-state index in [1.807, 2.05) is 12.1 Å². The monoisotopic (exact) mass is 279 g/mol. The van der Waals surface area contributed by atoms with Crippen LogP contribution in [0, 0.1) is 0 Å². The first-order chi connectivity index (χ1) is 10.4. The summed E-state index contributed by atoms with van der Waals surface area (Å²) in [7, 11) is 0. The van der Waals surface area contributed by atoms with Crippen LogP contribution in [0.25, 0.3) is 5.82 Å². The first-order valence-electron chi connectivity index (χ1n) is 6.98. The molecule has 5 heteroatoms. The zero-order valence-corrected chi connectivity index (χ0v) is 11.9. The molecule has 106 valence electrons. The van der Waals surface area contributed by atoms with Gasteiger partial charge >= 0.3 is 0 Å². The predicted molar refractivity (Wildman–Crippen MR) is 82.3 cm³/mol. The number of anilines is 1. The highest BCUT2D eigenvalue weighted by Gasteiger charge is 2.05. The number of nitrogens with one attached hydrogen (secondary N) is 1. The van der Waals surface area contributed by atoms with E-state index < -0.39 is 0 Å². The van der Waals surface area contributed by atoms with Crippen molar-refractivity contribution >= 4 is 5.69 Å². The first-order valence-corrected chi connectivity index (χ1v) is 6.98. The van der Waals surface area contributed by atoms with Gasteiger partial charge in [0.15, 0.2) is 5.82 Å². The molecule has 2 heterocycles. The van der Waals surface area contributed by atoms with Crippen molar-refractivity contribution in [1.29, 1.82) is 0 Å². The van der Waals surface area contributed by atoms with Gasteiger partial charge in [-0.25, -0.2) is 14.6 Å². The Bertz CT molecular complexity index is 689. The van der Waals surface area contributed by atoms with Crippen LogP contribution in [-0.4, -0.2) is 19.7 Å². The van der Waals surface area contributed by atoms with Gasteiger partial charge in [0, 0.05) is 12.7 Å². The number of nitrogens with zero attached hydrogens (tertiary/aromatic N) is 4. The fourth-order valence-electron chi connectivity index (χ4n) is 2.13. The van der Waals surface area contributed by atoms with Crippen molar-refractivity contribution in [1.82, 2.24) is 19.7 Å². The highest BCUT2D eigenvalue weighted by Crippen LogP contribution is 2.17. The quantitative estimate of drug-likeness (QED) is 0.780. The summed E-state index contributed by atoms with van der Waals surface area (Å²) < 4.78 is 1.66. The van der Waals surface area contributed by atoms with Crippen LogP contribution in [0.15, 0.2) is 55.2 Å². The Balaban J connectivity index is 1.76. The number of pyridine rings is 1. The normalized spacial score (nSPS) is 10.5. The van der Waals surface area contributed by atoms with Gasteiger partial charge in [-0.2, -0.15) is 5.10 Å². The fraction of sp³-hybridized carbons (Fsp3) is 0.188. The minimum atomic E-state index is 0.747. The maximum absolute atomic E-state index is 4.36. The molecule has 1 N–H and O–H groups in total. The topological polar surface area (TPSA) is 55.6 Å². The lowest BCUT2D eigenvalue weighted by molar-refractivity contribution is 0.844. The summed E-state index contributed by atoms with van der Waals surface area (Å²) in [5, 5.41) is 7.53. The number of rotatable bonds is 5. The highest BCUT2D eigenvalue weighted by molar-refractivity contribution is 5.56. The SMILES string of the molecule is CCc1ccc(CNc2cccnc2-n2cncn2)cc1. The van der Waals surface area contributed by atoms with E-state index in [0.717, 1.165) is 24.5 Å². The van der Waals surface area contributed by atoms with Crippen molar-refractivity contribution in [2.75, 3.05) is 5.32 Å². The lowest BCUT2D eigenvalue weighted by Crippen LogP contribution is -2.06. The third-order valence-electron chi connectivity index (χ3n) is 3.34. The standard InChI is InChI=1S/C16H17N5/c1-2-13-5-7-14(8-6-13)10-19-15-4-3-9-18-16(15)21-12-17-11-20-21/h3-9,11-12,19H,2,10H2,1H3. The van der Waals surface area contributed by atoms with Gasteiger partial charge < -0.3 is 5.32 Å². The molecule has 0 saturated heterocycles. The Kier molecular flexibility index (Phi) is 3.91. The van der Waals surface area contributed by atoms with Gasteiger partial charge in [0.05, 0.1) is 5.69 Å². The van der Waals surface area contributed by atoms with Gasteiger partial charge in [-0.15, -0.1) is 0 Å². The second-order valence-corrected chi connectivity index (χ2v) is 4.74. The lowest BCUT2D eigenvalue weighted by atomic mass is 10.1. The molecule has 1 aromatic carbocycles. The molecule has 0 unspecified atom stereocenters. The molecule has 0 aliphatic carbocycles. The molecule has 21 heavy (non-hydrogen) atoms. The Morgan fingerprint density at radius 1 is 1.10 bits per heavy atom. The fourth-order valence-corrected chi connectivity index (χ4v) is 2.13. The maximum Gasteiger partial charge on any atom is 0.178 e. The molecule has 0 atom stereocenters. The van der Waals surface area contributed by atoms with Crippen LogP contribution in [0.5, 0.6) is 0 Å². The number of aromatic nitrogens is 4. The highest BCUT2D eigenvalue weighted by atomic mass is 15.3. The van der Waals surface area contributed by atoms with E-state index in [1.54, 1.807) is 17.2 Å². The van der Waals surface area contributed by atoms with Crippen molar-refractivity contribution < 1.29 is 0 Å². The molecule has 0 bridgehead atoms. The summed E-state index contributed by atoms with van der Waals surface area (Å²) in [6, 6.07) is 12.5. The van der Waals surface area contributed by atoms with E-state index in [1.165, 1.54) is 17.5 Å². The molecule has 0 spiro atoms. The van der Waals surface area contributed by atoms with Crippen LogP contribution in [0.4, 0.5) is 5.69 Å². The van der Waals surface area contributed by atoms with E-state index in [-0.39, 0.29) is 0 Å². The smallest absolute Gasteiger partial charge is 0.178 e. The summed E-state index contributed by atoms with van der Waals surface area (Å²) in [4.78, 5) is 8.32. The molecule has 0 amide bonds. The van der Waals surface area contributed by atoms with Crippen molar-refractivity contribution in [2.45, 2.75) is 19.9 Å². The van der Waals surface area contributed by atoms with Gasteiger partial charge in [-0.3, -0.25) is 0 Å². The summed E-state index contributed by atoms with van der Waals surface area (Å²) in [5.74, 6) is 0.750. The Hall–Kier alpha value is -2.69. The molecule has 0 radical (unpaired) electrons. The first kappa shape index (κ1) is 13.3. The van der Waals surface area contributed by atoms with Crippen molar-refractivity contribution in [3.8, 4) is 5.82 Å². The van der Waals surface area contributed by atoms with Crippen LogP contribution in [0.1, 0.15) is 18.1 Å². The third-order valence-corrected chi connectivity index (χ3v) is 3.34. The van der Waals surface area contributed by atoms with Crippen LogP contribution in [0.3, 0.4) is 0 Å². The van der Waals surface area contributed by atoms with E-state index in [2.05, 4.69) is 51.6 Å². The molecule has 2 aromatic heterocycles. The van der Waals surface area contributed by atoms with Crippen molar-refractivity contribution in [3.63, 3.8) is 0 Å². The van der Waals surface area contributed by atoms with Crippen molar-refractivity contribution in [2.24, 2.45) is 0 Å². The Morgan fingerprint density at radius 3 is 2.62 bits per heavy atom. The minimum absolute atomic E-state index is 0.747. The van der Waals surface area contributed by atoms with E-state index in [4.69, 9.17) is 0 Å². The molecule has 0 aliphatic rings. The lowest BCUT2D eigenvalue weighted by Gasteiger charge is -2.11. The maximum atomic E-state index is 4.36. The number of aryl methyl sites for hydroxylation is 1. The Morgan fingerprint density at radius 2 is 1.90 bits per heavy atom. The van der Waals surface area contributed by atoms with Gasteiger partial charge in [-0.05, 0) is 29.7 Å². The average Bonchev–Trinajstić information content (AvgIpc) is 3.08. The van der Waals surface area contributed by atoms with E-state index in [0.29, 0.717) is 0 Å². The number of hydrogen-bond donors (Lipinski definition) is 1. The van der Waals surface area contributed by atoms with Gasteiger partial charge in [-0.1, -0.05) is 31.2 Å². The predicted octanol–water partition coefficient (Wildman–Crippen LogP) is 2.84. The average molecular weight is 279 g/mol. The summed E-state index contributed by atoms with van der Waals surface area (Å²) in [6.45, 7) is 2.91. The minimum Gasteiger partial charge on any atom is -0.378 e. The van der Waals surface area contributed by atoms with Gasteiger partial charge in [0.2, 0.25) is 0 Å². The number of benzene rings is 1. The second-order valence-electron chi connectivity index (χ2n) is 4.74. The molecule has 0 fully saturated rings. The zero-order chi connectivity index (χ0) is 14.5. The molecule has 3 rings (SSSR count). The molecular formula is C16H17N5. The van der Waals surface area contributed by atoms with Crippen molar-refractivity contribution in [3.05, 3.63) is 66.4 Å². The van der Waals surface area contributed by atoms with Gasteiger partial charge in [0.25, 0.3) is 0 Å². The summed E-state index contributed by atoms with van der Waals surface area (Å²) >= 11 is 0. The molecule has 0 saturated carbocycles. The molecule has 5 nitrogen and oxygen atoms in total. The van der Waals surface area contributed by atoms with Gasteiger partial charge in [0.1, 0.15) is 12.7 Å². The summed E-state index contributed by atoms with van der Waals surface area (Å²) in [6.07, 6.45) is 5.95. The number of hydrogen-bond acceptors (Lipinski definition) is 4. The van der Waals surface area contributed by atoms with E-state index >= 15 is 0 Å².